The highest BCUT2D eigenvalue weighted by Gasteiger charge is 2.21. The summed E-state index contributed by atoms with van der Waals surface area (Å²) in [6, 6.07) is 8.30. The number of carbonyl (C=O) groups is 1. The van der Waals surface area contributed by atoms with E-state index in [9.17, 15) is 4.79 Å². The van der Waals surface area contributed by atoms with Crippen LogP contribution in [0.5, 0.6) is 0 Å². The number of aromatic nitrogens is 2. The van der Waals surface area contributed by atoms with Crippen molar-refractivity contribution in [2.75, 3.05) is 18.1 Å². The molecule has 2 aromatic rings. The van der Waals surface area contributed by atoms with Gasteiger partial charge in [0, 0.05) is 37.1 Å². The molecule has 1 aromatic heterocycles. The van der Waals surface area contributed by atoms with Gasteiger partial charge in [0.05, 0.1) is 17.1 Å². The Balaban J connectivity index is 0.00000156. The molecule has 0 aliphatic carbocycles. The molecule has 8 heteroatoms. The van der Waals surface area contributed by atoms with Crippen molar-refractivity contribution in [1.82, 2.24) is 20.2 Å². The third-order valence-electron chi connectivity index (χ3n) is 4.20. The summed E-state index contributed by atoms with van der Waals surface area (Å²) in [5, 5.41) is 6.51. The number of amides is 1. The fraction of sp³-hybridized carbons (Fsp3) is 0.529. The largest absolute Gasteiger partial charge is 0.346 e. The van der Waals surface area contributed by atoms with Gasteiger partial charge in [-0.15, -0.1) is 24.8 Å². The number of nitrogens with zero attached hydrogens (tertiary/aromatic N) is 2. The Morgan fingerprint density at radius 2 is 2.20 bits per heavy atom. The summed E-state index contributed by atoms with van der Waals surface area (Å²) in [6.45, 7) is 5.95. The molecule has 5 nitrogen and oxygen atoms in total. The monoisotopic (exact) mass is 404 g/mol. The number of thioether (sulfide) groups is 1. The van der Waals surface area contributed by atoms with Crippen LogP contribution in [-0.4, -0.2) is 39.6 Å². The minimum atomic E-state index is -0.0916. The number of benzene rings is 1. The van der Waals surface area contributed by atoms with Gasteiger partial charge in [0.25, 0.3) is 0 Å². The number of imidazole rings is 1. The van der Waals surface area contributed by atoms with Gasteiger partial charge in [-0.3, -0.25) is 4.79 Å². The molecular formula is C17H26Cl2N4OS. The third-order valence-corrected chi connectivity index (χ3v) is 5.33. The van der Waals surface area contributed by atoms with E-state index in [0.29, 0.717) is 6.42 Å². The molecule has 140 valence electrons. The maximum atomic E-state index is 12.3. The predicted molar refractivity (Wildman–Crippen MR) is 110 cm³/mol. The maximum absolute atomic E-state index is 12.3. The summed E-state index contributed by atoms with van der Waals surface area (Å²) >= 11 is 1.91. The van der Waals surface area contributed by atoms with Gasteiger partial charge in [-0.2, -0.15) is 11.8 Å². The number of hydrogen-bond acceptors (Lipinski definition) is 4. The third kappa shape index (κ3) is 5.26. The maximum Gasteiger partial charge on any atom is 0.222 e. The van der Waals surface area contributed by atoms with Crippen molar-refractivity contribution in [2.24, 2.45) is 0 Å². The van der Waals surface area contributed by atoms with Gasteiger partial charge in [-0.25, -0.2) is 4.98 Å². The number of para-hydroxylation sites is 2. The van der Waals surface area contributed by atoms with E-state index in [1.165, 1.54) is 0 Å². The Morgan fingerprint density at radius 3 is 2.88 bits per heavy atom. The van der Waals surface area contributed by atoms with Crippen LogP contribution in [0.2, 0.25) is 0 Å². The van der Waals surface area contributed by atoms with Gasteiger partial charge in [0.15, 0.2) is 0 Å². The molecule has 0 spiro atoms. The van der Waals surface area contributed by atoms with Crippen LogP contribution in [0, 0.1) is 0 Å². The molecule has 1 fully saturated rings. The van der Waals surface area contributed by atoms with Crippen LogP contribution in [0.3, 0.4) is 0 Å². The number of carbonyl (C=O) groups excluding carboxylic acids is 1. The Hall–Kier alpha value is -0.950. The number of hydrogen-bond donors (Lipinski definition) is 2. The summed E-state index contributed by atoms with van der Waals surface area (Å²) in [6.07, 6.45) is 0.531. The lowest BCUT2D eigenvalue weighted by molar-refractivity contribution is -0.122. The van der Waals surface area contributed by atoms with Crippen LogP contribution in [0.15, 0.2) is 24.3 Å². The summed E-state index contributed by atoms with van der Waals surface area (Å²) in [7, 11) is 0. The summed E-state index contributed by atoms with van der Waals surface area (Å²) in [4.78, 5) is 17.0. The molecule has 2 heterocycles. The molecule has 1 aliphatic heterocycles. The molecule has 0 saturated carbocycles. The van der Waals surface area contributed by atoms with Crippen LogP contribution in [-0.2, 0) is 11.3 Å². The molecule has 3 rings (SSSR count). The molecule has 25 heavy (non-hydrogen) atoms. The topological polar surface area (TPSA) is 59.0 Å². The average molecular weight is 405 g/mol. The number of fused-ring (bicyclic) bond motifs is 1. The second-order valence-corrected chi connectivity index (χ2v) is 7.07. The van der Waals surface area contributed by atoms with Crippen LogP contribution >= 0.6 is 36.6 Å². The minimum Gasteiger partial charge on any atom is -0.346 e. The first-order valence-electron chi connectivity index (χ1n) is 8.24. The quantitative estimate of drug-likeness (QED) is 0.802. The van der Waals surface area contributed by atoms with Gasteiger partial charge >= 0.3 is 0 Å². The van der Waals surface area contributed by atoms with Crippen molar-refractivity contribution in [3.05, 3.63) is 30.1 Å². The van der Waals surface area contributed by atoms with E-state index in [4.69, 9.17) is 4.98 Å². The molecule has 0 bridgehead atoms. The van der Waals surface area contributed by atoms with Gasteiger partial charge in [0.1, 0.15) is 5.82 Å². The average Bonchev–Trinajstić information content (AvgIpc) is 2.94. The Kier molecular flexibility index (Phi) is 9.07. The van der Waals surface area contributed by atoms with Crippen LogP contribution < -0.4 is 10.6 Å². The second-order valence-electron chi connectivity index (χ2n) is 5.92. The first-order valence-corrected chi connectivity index (χ1v) is 9.40. The fourth-order valence-corrected chi connectivity index (χ4v) is 4.05. The Labute approximate surface area is 165 Å². The van der Waals surface area contributed by atoms with Gasteiger partial charge in [-0.05, 0) is 26.0 Å². The van der Waals surface area contributed by atoms with Crippen LogP contribution in [0.1, 0.15) is 32.1 Å². The second kappa shape index (κ2) is 10.3. The zero-order valence-corrected chi connectivity index (χ0v) is 17.0. The summed E-state index contributed by atoms with van der Waals surface area (Å²) < 4.78 is 2.18. The van der Waals surface area contributed by atoms with Gasteiger partial charge in [0.2, 0.25) is 5.91 Å². The van der Waals surface area contributed by atoms with E-state index in [2.05, 4.69) is 28.2 Å². The van der Waals surface area contributed by atoms with E-state index in [1.54, 1.807) is 0 Å². The molecule has 1 saturated heterocycles. The molecular weight excluding hydrogens is 379 g/mol. The first-order chi connectivity index (χ1) is 11.2. The molecule has 1 amide bonds. The number of rotatable bonds is 5. The van der Waals surface area contributed by atoms with Crippen LogP contribution in [0.4, 0.5) is 0 Å². The zero-order valence-electron chi connectivity index (χ0n) is 14.5. The van der Waals surface area contributed by atoms with Crippen molar-refractivity contribution in [1.29, 1.82) is 0 Å². The molecule has 1 aromatic carbocycles. The van der Waals surface area contributed by atoms with E-state index in [1.807, 2.05) is 36.9 Å². The van der Waals surface area contributed by atoms with Gasteiger partial charge in [-0.1, -0.05) is 12.1 Å². The van der Waals surface area contributed by atoms with E-state index < -0.39 is 0 Å². The lowest BCUT2D eigenvalue weighted by Gasteiger charge is -2.23. The molecule has 2 N–H and O–H groups in total. The normalized spacial score (nSPS) is 18.1. The Bertz CT molecular complexity index is 688. The van der Waals surface area contributed by atoms with E-state index in [0.717, 1.165) is 41.5 Å². The van der Waals surface area contributed by atoms with Crippen molar-refractivity contribution < 1.29 is 4.79 Å². The van der Waals surface area contributed by atoms with Crippen molar-refractivity contribution in [2.45, 2.75) is 38.9 Å². The Morgan fingerprint density at radius 1 is 1.44 bits per heavy atom. The van der Waals surface area contributed by atoms with E-state index in [-0.39, 0.29) is 42.8 Å². The smallest absolute Gasteiger partial charge is 0.222 e. The van der Waals surface area contributed by atoms with Gasteiger partial charge < -0.3 is 15.2 Å². The summed E-state index contributed by atoms with van der Waals surface area (Å²) in [5.74, 6) is 3.16. The molecule has 1 aliphatic rings. The SMILES string of the molecule is CCn1c(C(C)NC(=O)CC2CSCCN2)nc2ccccc21.Cl.Cl. The first kappa shape index (κ1) is 22.1. The highest BCUT2D eigenvalue weighted by molar-refractivity contribution is 7.99. The summed E-state index contributed by atoms with van der Waals surface area (Å²) in [5.41, 5.74) is 2.10. The minimum absolute atomic E-state index is 0. The molecule has 2 atom stereocenters. The number of nitrogens with one attached hydrogen (secondary N) is 2. The van der Waals surface area contributed by atoms with E-state index >= 15 is 0 Å². The molecule has 0 radical (unpaired) electrons. The zero-order chi connectivity index (χ0) is 16.2. The highest BCUT2D eigenvalue weighted by atomic mass is 35.5. The number of halogens is 2. The highest BCUT2D eigenvalue weighted by Crippen LogP contribution is 2.21. The van der Waals surface area contributed by atoms with Crippen molar-refractivity contribution in [3.63, 3.8) is 0 Å². The fourth-order valence-electron chi connectivity index (χ4n) is 3.10. The lowest BCUT2D eigenvalue weighted by Crippen LogP contribution is -2.41. The lowest BCUT2D eigenvalue weighted by atomic mass is 10.2. The standard InChI is InChI=1S/C17H24N4OS.2ClH/c1-3-21-15-7-5-4-6-14(15)20-17(21)12(2)19-16(22)10-13-11-23-9-8-18-13;;/h4-7,12-13,18H,3,8-11H2,1-2H3,(H,19,22);2*1H. The van der Waals surface area contributed by atoms with Crippen LogP contribution in [0.25, 0.3) is 11.0 Å². The van der Waals surface area contributed by atoms with Crippen molar-refractivity contribution >= 4 is 53.5 Å². The molecule has 2 unspecified atom stereocenters. The predicted octanol–water partition coefficient (Wildman–Crippen LogP) is 3.17. The number of aryl methyl sites for hydroxylation is 1. The van der Waals surface area contributed by atoms with Crippen molar-refractivity contribution in [3.8, 4) is 0 Å².